The summed E-state index contributed by atoms with van der Waals surface area (Å²) in [6.07, 6.45) is 0.772. The molecule has 140 valence electrons. The maximum atomic E-state index is 12.5. The molecule has 0 aliphatic carbocycles. The number of aliphatic hydroxyl groups excluding tert-OH is 1. The van der Waals surface area contributed by atoms with Crippen LogP contribution in [0.4, 0.5) is 0 Å². The number of hydrogen-bond acceptors (Lipinski definition) is 5. The summed E-state index contributed by atoms with van der Waals surface area (Å²) in [6, 6.07) is 5.77. The van der Waals surface area contributed by atoms with Crippen LogP contribution < -0.4 is 4.90 Å². The minimum Gasteiger partial charge on any atom is -0.508 e. The van der Waals surface area contributed by atoms with E-state index in [1.807, 2.05) is 0 Å². The van der Waals surface area contributed by atoms with Gasteiger partial charge in [0.05, 0.1) is 31.4 Å². The summed E-state index contributed by atoms with van der Waals surface area (Å²) in [6.45, 7) is 6.14. The Morgan fingerprint density at radius 3 is 2.50 bits per heavy atom. The quantitative estimate of drug-likeness (QED) is 0.663. The minimum absolute atomic E-state index is 0.109. The van der Waals surface area contributed by atoms with Crippen LogP contribution in [0.25, 0.3) is 0 Å². The molecule has 2 aliphatic heterocycles. The Balaban J connectivity index is 1.76. The van der Waals surface area contributed by atoms with E-state index < -0.39 is 17.7 Å². The molecular weight excluding hydrogens is 336 g/mol. The molecule has 1 atom stereocenters. The molecule has 0 spiro atoms. The lowest BCUT2D eigenvalue weighted by atomic mass is 9.96. The average molecular weight is 361 g/mol. The van der Waals surface area contributed by atoms with Crippen LogP contribution in [0.2, 0.25) is 0 Å². The van der Waals surface area contributed by atoms with Crippen LogP contribution in [0, 0.1) is 0 Å². The summed E-state index contributed by atoms with van der Waals surface area (Å²) in [5.74, 6) is -1.19. The Labute approximate surface area is 152 Å². The lowest BCUT2D eigenvalue weighted by Crippen LogP contribution is -3.14. The third-order valence-electron chi connectivity index (χ3n) is 5.02. The number of amides is 1. The predicted octanol–water partition coefficient (Wildman–Crippen LogP) is -0.0182. The van der Waals surface area contributed by atoms with E-state index in [0.717, 1.165) is 39.3 Å². The number of carbonyl (C=O) groups is 2. The Bertz CT molecular complexity index is 707. The maximum absolute atomic E-state index is 12.5. The zero-order chi connectivity index (χ0) is 18.7. The van der Waals surface area contributed by atoms with E-state index in [4.69, 9.17) is 4.74 Å². The molecule has 2 heterocycles. The molecule has 26 heavy (non-hydrogen) atoms. The number of aliphatic hydroxyl groups is 1. The minimum atomic E-state index is -0.611. The van der Waals surface area contributed by atoms with E-state index in [1.165, 1.54) is 24.0 Å². The Morgan fingerprint density at radius 2 is 1.88 bits per heavy atom. The van der Waals surface area contributed by atoms with Crippen molar-refractivity contribution in [2.24, 2.45) is 0 Å². The van der Waals surface area contributed by atoms with Crippen molar-refractivity contribution in [1.82, 2.24) is 4.90 Å². The van der Waals surface area contributed by atoms with Crippen molar-refractivity contribution in [2.45, 2.75) is 19.4 Å². The second-order valence-electron chi connectivity index (χ2n) is 6.78. The standard InChI is InChI=1S/C19H24N2O5/c1-13(22)16-17(14-3-5-15(23)6-4-14)21(19(25)18(16)24)8-2-7-20-9-11-26-12-10-20/h3-6,17,23-24H,2,7-12H2,1H3/p+1/t17-/m0/s1. The predicted molar refractivity (Wildman–Crippen MR) is 93.9 cm³/mol. The molecule has 7 heteroatoms. The largest absolute Gasteiger partial charge is 0.508 e. The topological polar surface area (TPSA) is 91.5 Å². The number of rotatable bonds is 6. The van der Waals surface area contributed by atoms with Crippen molar-refractivity contribution in [3.63, 3.8) is 0 Å². The van der Waals surface area contributed by atoms with Gasteiger partial charge in [-0.2, -0.15) is 0 Å². The van der Waals surface area contributed by atoms with Gasteiger partial charge in [0.15, 0.2) is 11.5 Å². The molecular formula is C19H25N2O5+. The number of carbonyl (C=O) groups excluding carboxylic acids is 2. The molecule has 0 saturated carbocycles. The van der Waals surface area contributed by atoms with Crippen molar-refractivity contribution >= 4 is 11.7 Å². The van der Waals surface area contributed by atoms with E-state index in [9.17, 15) is 19.8 Å². The van der Waals surface area contributed by atoms with Crippen molar-refractivity contribution in [2.75, 3.05) is 39.4 Å². The smallest absolute Gasteiger partial charge is 0.290 e. The number of ketones is 1. The first kappa shape index (κ1) is 18.4. The van der Waals surface area contributed by atoms with Crippen molar-refractivity contribution < 1.29 is 29.4 Å². The Morgan fingerprint density at radius 1 is 1.23 bits per heavy atom. The number of hydrogen-bond donors (Lipinski definition) is 3. The fraction of sp³-hybridized carbons (Fsp3) is 0.474. The van der Waals surface area contributed by atoms with Crippen LogP contribution in [0.3, 0.4) is 0 Å². The third kappa shape index (κ3) is 3.73. The van der Waals surface area contributed by atoms with Gasteiger partial charge in [0, 0.05) is 13.0 Å². The first-order valence-electron chi connectivity index (χ1n) is 8.94. The van der Waals surface area contributed by atoms with Crippen molar-refractivity contribution in [3.8, 4) is 5.75 Å². The van der Waals surface area contributed by atoms with Gasteiger partial charge in [0.1, 0.15) is 18.8 Å². The van der Waals surface area contributed by atoms with E-state index in [1.54, 1.807) is 17.0 Å². The van der Waals surface area contributed by atoms with Gasteiger partial charge >= 0.3 is 0 Å². The summed E-state index contributed by atoms with van der Waals surface area (Å²) in [5.41, 5.74) is 0.823. The first-order chi connectivity index (χ1) is 12.5. The summed E-state index contributed by atoms with van der Waals surface area (Å²) in [4.78, 5) is 27.6. The van der Waals surface area contributed by atoms with Gasteiger partial charge in [-0.15, -0.1) is 0 Å². The SMILES string of the molecule is CC(=O)C1=C(O)C(=O)N(CCC[NH+]2CCOCC2)[C@H]1c1ccc(O)cc1. The van der Waals surface area contributed by atoms with Gasteiger partial charge in [0.25, 0.3) is 5.91 Å². The van der Waals surface area contributed by atoms with Gasteiger partial charge in [-0.25, -0.2) is 0 Å². The number of morpholine rings is 1. The molecule has 1 aromatic rings. The third-order valence-corrected chi connectivity index (χ3v) is 5.02. The molecule has 0 bridgehead atoms. The molecule has 7 nitrogen and oxygen atoms in total. The number of benzene rings is 1. The van der Waals surface area contributed by atoms with Crippen LogP contribution in [0.5, 0.6) is 5.75 Å². The van der Waals surface area contributed by atoms with E-state index in [2.05, 4.69) is 0 Å². The number of ether oxygens (including phenoxy) is 1. The van der Waals surface area contributed by atoms with Gasteiger partial charge in [-0.3, -0.25) is 9.59 Å². The summed E-state index contributed by atoms with van der Waals surface area (Å²) >= 11 is 0. The van der Waals surface area contributed by atoms with Crippen molar-refractivity contribution in [1.29, 1.82) is 0 Å². The normalized spacial score (nSPS) is 21.5. The highest BCUT2D eigenvalue weighted by Crippen LogP contribution is 2.38. The van der Waals surface area contributed by atoms with E-state index in [-0.39, 0.29) is 17.1 Å². The highest BCUT2D eigenvalue weighted by atomic mass is 16.5. The summed E-state index contributed by atoms with van der Waals surface area (Å²) in [5, 5.41) is 19.7. The second kappa shape index (κ2) is 7.88. The van der Waals surface area contributed by atoms with Crippen LogP contribution in [-0.4, -0.2) is 66.2 Å². The number of aromatic hydroxyl groups is 1. The Kier molecular flexibility index (Phi) is 5.58. The van der Waals surface area contributed by atoms with E-state index >= 15 is 0 Å². The molecule has 2 aliphatic rings. The first-order valence-corrected chi connectivity index (χ1v) is 8.94. The molecule has 1 saturated heterocycles. The highest BCUT2D eigenvalue weighted by Gasteiger charge is 2.42. The molecule has 1 aromatic carbocycles. The fourth-order valence-corrected chi connectivity index (χ4v) is 3.66. The van der Waals surface area contributed by atoms with Crippen LogP contribution >= 0.6 is 0 Å². The second-order valence-corrected chi connectivity index (χ2v) is 6.78. The van der Waals surface area contributed by atoms with Crippen molar-refractivity contribution in [3.05, 3.63) is 41.2 Å². The summed E-state index contributed by atoms with van der Waals surface area (Å²) in [7, 11) is 0. The monoisotopic (exact) mass is 361 g/mol. The lowest BCUT2D eigenvalue weighted by molar-refractivity contribution is -0.908. The lowest BCUT2D eigenvalue weighted by Gasteiger charge is -2.28. The van der Waals surface area contributed by atoms with Gasteiger partial charge in [-0.05, 0) is 24.6 Å². The molecule has 0 aromatic heterocycles. The number of Topliss-reactive ketones (excluding diaryl/α,β-unsaturated/α-hetero) is 1. The van der Waals surface area contributed by atoms with Gasteiger partial charge in [0.2, 0.25) is 0 Å². The summed E-state index contributed by atoms with van der Waals surface area (Å²) < 4.78 is 5.35. The van der Waals surface area contributed by atoms with Crippen LogP contribution in [0.15, 0.2) is 35.6 Å². The maximum Gasteiger partial charge on any atom is 0.290 e. The number of nitrogens with zero attached hydrogens (tertiary/aromatic N) is 1. The highest BCUT2D eigenvalue weighted by molar-refractivity contribution is 6.08. The Hall–Kier alpha value is -2.38. The average Bonchev–Trinajstić information content (AvgIpc) is 2.88. The van der Waals surface area contributed by atoms with Crippen LogP contribution in [-0.2, 0) is 14.3 Å². The molecule has 1 fully saturated rings. The fourth-order valence-electron chi connectivity index (χ4n) is 3.66. The number of quaternary nitrogens is 1. The van der Waals surface area contributed by atoms with E-state index in [0.29, 0.717) is 12.1 Å². The zero-order valence-electron chi connectivity index (χ0n) is 14.9. The van der Waals surface area contributed by atoms with Gasteiger partial charge in [-0.1, -0.05) is 12.1 Å². The van der Waals surface area contributed by atoms with Crippen LogP contribution in [0.1, 0.15) is 24.9 Å². The number of phenols is 1. The molecule has 3 N–H and O–H groups in total. The molecule has 1 amide bonds. The molecule has 0 radical (unpaired) electrons. The number of nitrogens with one attached hydrogen (secondary N) is 1. The number of phenolic OH excluding ortho intramolecular Hbond substituents is 1. The molecule has 0 unspecified atom stereocenters. The zero-order valence-corrected chi connectivity index (χ0v) is 14.9. The molecule has 3 rings (SSSR count). The van der Waals surface area contributed by atoms with Gasteiger partial charge < -0.3 is 24.7 Å².